The molecule has 1 aromatic heterocycles. The number of thiazole rings is 1. The Morgan fingerprint density at radius 1 is 1.28 bits per heavy atom. The second-order valence-electron chi connectivity index (χ2n) is 4.58. The average Bonchev–Trinajstić information content (AvgIpc) is 2.75. The van der Waals surface area contributed by atoms with E-state index >= 15 is 0 Å². The molecule has 0 spiro atoms. The Hall–Kier alpha value is -0.710. The molecule has 2 aromatic rings. The second-order valence-corrected chi connectivity index (χ2v) is 6.66. The molecular weight excluding hydrogens is 308 g/mol. The van der Waals surface area contributed by atoms with Crippen LogP contribution in [0.3, 0.4) is 0 Å². The van der Waals surface area contributed by atoms with Gasteiger partial charge in [-0.1, -0.05) is 41.9 Å². The van der Waals surface area contributed by atoms with Crippen molar-refractivity contribution < 1.29 is 0 Å². The predicted octanol–water partition coefficient (Wildman–Crippen LogP) is 4.08. The molecule has 96 valence electrons. The summed E-state index contributed by atoms with van der Waals surface area (Å²) in [7, 11) is 0. The summed E-state index contributed by atoms with van der Waals surface area (Å²) in [5.41, 5.74) is 8.22. The van der Waals surface area contributed by atoms with Crippen LogP contribution in [0.15, 0.2) is 28.7 Å². The van der Waals surface area contributed by atoms with Crippen LogP contribution in [0.4, 0.5) is 0 Å². The summed E-state index contributed by atoms with van der Waals surface area (Å²) in [5, 5.41) is 1.15. The standard InChI is InChI=1S/C14H17BrN2S/c1-9(2)14-12(8-16)18-13(17-14)7-10-3-5-11(15)6-4-10/h3-6,9H,7-8,16H2,1-2H3. The summed E-state index contributed by atoms with van der Waals surface area (Å²) >= 11 is 5.19. The Morgan fingerprint density at radius 3 is 2.44 bits per heavy atom. The maximum absolute atomic E-state index is 5.78. The second kappa shape index (κ2) is 5.95. The maximum atomic E-state index is 5.78. The van der Waals surface area contributed by atoms with Crippen LogP contribution in [0.1, 0.15) is 40.9 Å². The molecule has 2 N–H and O–H groups in total. The monoisotopic (exact) mass is 324 g/mol. The normalized spacial score (nSPS) is 11.2. The zero-order valence-corrected chi connectivity index (χ0v) is 13.0. The molecule has 0 fully saturated rings. The first-order valence-electron chi connectivity index (χ1n) is 6.03. The highest BCUT2D eigenvalue weighted by molar-refractivity contribution is 9.10. The fraction of sp³-hybridized carbons (Fsp3) is 0.357. The zero-order valence-electron chi connectivity index (χ0n) is 10.6. The van der Waals surface area contributed by atoms with E-state index < -0.39 is 0 Å². The smallest absolute Gasteiger partial charge is 0.0975 e. The van der Waals surface area contributed by atoms with Crippen molar-refractivity contribution >= 4 is 27.3 Å². The van der Waals surface area contributed by atoms with E-state index in [1.54, 1.807) is 11.3 Å². The molecule has 0 atom stereocenters. The molecule has 0 aliphatic heterocycles. The minimum atomic E-state index is 0.443. The molecule has 1 aromatic carbocycles. The van der Waals surface area contributed by atoms with Gasteiger partial charge in [0.05, 0.1) is 10.7 Å². The topological polar surface area (TPSA) is 38.9 Å². The Labute approximate surface area is 120 Å². The van der Waals surface area contributed by atoms with Crippen LogP contribution in [0.5, 0.6) is 0 Å². The van der Waals surface area contributed by atoms with Gasteiger partial charge < -0.3 is 5.73 Å². The summed E-state index contributed by atoms with van der Waals surface area (Å²) < 4.78 is 1.11. The molecule has 2 rings (SSSR count). The van der Waals surface area contributed by atoms with E-state index in [4.69, 9.17) is 10.7 Å². The lowest BCUT2D eigenvalue weighted by molar-refractivity contribution is 0.806. The van der Waals surface area contributed by atoms with Crippen molar-refractivity contribution in [2.24, 2.45) is 5.73 Å². The number of benzene rings is 1. The first-order valence-corrected chi connectivity index (χ1v) is 7.64. The largest absolute Gasteiger partial charge is 0.326 e. The van der Waals surface area contributed by atoms with Crippen molar-refractivity contribution in [3.05, 3.63) is 49.9 Å². The third-order valence-corrected chi connectivity index (χ3v) is 4.39. The lowest BCUT2D eigenvalue weighted by atomic mass is 10.1. The molecule has 0 amide bonds. The predicted molar refractivity (Wildman–Crippen MR) is 81.0 cm³/mol. The van der Waals surface area contributed by atoms with E-state index in [9.17, 15) is 0 Å². The zero-order chi connectivity index (χ0) is 13.1. The van der Waals surface area contributed by atoms with Gasteiger partial charge in [-0.15, -0.1) is 11.3 Å². The number of hydrogen-bond acceptors (Lipinski definition) is 3. The van der Waals surface area contributed by atoms with Gasteiger partial charge >= 0.3 is 0 Å². The average molecular weight is 325 g/mol. The molecule has 0 saturated carbocycles. The van der Waals surface area contributed by atoms with E-state index in [1.807, 2.05) is 0 Å². The lowest BCUT2D eigenvalue weighted by Gasteiger charge is -2.01. The van der Waals surface area contributed by atoms with Gasteiger partial charge in [-0.25, -0.2) is 4.98 Å². The van der Waals surface area contributed by atoms with E-state index in [2.05, 4.69) is 54.0 Å². The van der Waals surface area contributed by atoms with Gasteiger partial charge in [0.25, 0.3) is 0 Å². The molecule has 0 aliphatic carbocycles. The molecule has 0 radical (unpaired) electrons. The van der Waals surface area contributed by atoms with E-state index in [-0.39, 0.29) is 0 Å². The van der Waals surface area contributed by atoms with Gasteiger partial charge in [-0.3, -0.25) is 0 Å². The van der Waals surface area contributed by atoms with Gasteiger partial charge in [0.2, 0.25) is 0 Å². The van der Waals surface area contributed by atoms with Gasteiger partial charge in [0.15, 0.2) is 0 Å². The molecule has 4 heteroatoms. The molecule has 18 heavy (non-hydrogen) atoms. The van der Waals surface area contributed by atoms with Crippen LogP contribution in [0.25, 0.3) is 0 Å². The third kappa shape index (κ3) is 3.19. The van der Waals surface area contributed by atoms with Crippen molar-refractivity contribution in [3.8, 4) is 0 Å². The van der Waals surface area contributed by atoms with E-state index in [1.165, 1.54) is 10.4 Å². The van der Waals surface area contributed by atoms with Crippen LogP contribution < -0.4 is 5.73 Å². The summed E-state index contributed by atoms with van der Waals surface area (Å²) in [6, 6.07) is 8.39. The summed E-state index contributed by atoms with van der Waals surface area (Å²) in [5.74, 6) is 0.443. The molecule has 0 saturated heterocycles. The quantitative estimate of drug-likeness (QED) is 0.920. The van der Waals surface area contributed by atoms with Gasteiger partial charge in [-0.05, 0) is 23.6 Å². The van der Waals surface area contributed by atoms with Gasteiger partial charge in [-0.2, -0.15) is 0 Å². The molecule has 2 nitrogen and oxygen atoms in total. The molecule has 0 aliphatic rings. The van der Waals surface area contributed by atoms with Crippen LogP contribution in [0.2, 0.25) is 0 Å². The van der Waals surface area contributed by atoms with Gasteiger partial charge in [0.1, 0.15) is 0 Å². The Bertz CT molecular complexity index is 517. The van der Waals surface area contributed by atoms with Crippen LogP contribution >= 0.6 is 27.3 Å². The number of aromatic nitrogens is 1. The number of rotatable bonds is 4. The summed E-state index contributed by atoms with van der Waals surface area (Å²) in [6.45, 7) is 4.92. The van der Waals surface area contributed by atoms with Gasteiger partial charge in [0, 0.05) is 22.3 Å². The van der Waals surface area contributed by atoms with E-state index in [0.717, 1.165) is 21.6 Å². The van der Waals surface area contributed by atoms with Crippen molar-refractivity contribution in [2.45, 2.75) is 32.7 Å². The number of nitrogens with zero attached hydrogens (tertiary/aromatic N) is 1. The highest BCUT2D eigenvalue weighted by Crippen LogP contribution is 2.26. The maximum Gasteiger partial charge on any atom is 0.0975 e. The van der Waals surface area contributed by atoms with Crippen molar-refractivity contribution in [3.63, 3.8) is 0 Å². The van der Waals surface area contributed by atoms with Crippen molar-refractivity contribution in [2.75, 3.05) is 0 Å². The molecule has 1 heterocycles. The Kier molecular flexibility index (Phi) is 4.54. The number of hydrogen-bond donors (Lipinski definition) is 1. The van der Waals surface area contributed by atoms with Crippen molar-refractivity contribution in [1.82, 2.24) is 4.98 Å². The third-order valence-electron chi connectivity index (χ3n) is 2.77. The molecule has 0 unspecified atom stereocenters. The van der Waals surface area contributed by atoms with Crippen LogP contribution in [-0.4, -0.2) is 4.98 Å². The highest BCUT2D eigenvalue weighted by atomic mass is 79.9. The minimum absolute atomic E-state index is 0.443. The number of nitrogens with two attached hydrogens (primary N) is 1. The fourth-order valence-electron chi connectivity index (χ4n) is 1.86. The lowest BCUT2D eigenvalue weighted by Crippen LogP contribution is -1.99. The van der Waals surface area contributed by atoms with E-state index in [0.29, 0.717) is 12.5 Å². The Balaban J connectivity index is 2.21. The SMILES string of the molecule is CC(C)c1nc(Cc2ccc(Br)cc2)sc1CN. The Morgan fingerprint density at radius 2 is 1.94 bits per heavy atom. The molecular formula is C14H17BrN2S. The first-order chi connectivity index (χ1) is 8.60. The minimum Gasteiger partial charge on any atom is -0.326 e. The molecule has 0 bridgehead atoms. The summed E-state index contributed by atoms with van der Waals surface area (Å²) in [4.78, 5) is 5.94. The first kappa shape index (κ1) is 13.7. The van der Waals surface area contributed by atoms with Crippen molar-refractivity contribution in [1.29, 1.82) is 0 Å². The summed E-state index contributed by atoms with van der Waals surface area (Å²) in [6.07, 6.45) is 0.887. The number of halogens is 1. The highest BCUT2D eigenvalue weighted by Gasteiger charge is 2.13. The fourth-order valence-corrected chi connectivity index (χ4v) is 3.26. The van der Waals surface area contributed by atoms with Crippen LogP contribution in [0, 0.1) is 0 Å². The van der Waals surface area contributed by atoms with Crippen LogP contribution in [-0.2, 0) is 13.0 Å².